The second-order valence-corrected chi connectivity index (χ2v) is 6.26. The Kier molecular flexibility index (Phi) is 4.88. The zero-order chi connectivity index (χ0) is 17.8. The zero-order valence-corrected chi connectivity index (χ0v) is 14.9. The van der Waals surface area contributed by atoms with Gasteiger partial charge in [-0.15, -0.1) is 0 Å². The average Bonchev–Trinajstić information content (AvgIpc) is 2.54. The highest BCUT2D eigenvalue weighted by atomic mass is 15.2. The molecule has 128 valence electrons. The lowest BCUT2D eigenvalue weighted by Crippen LogP contribution is -2.14. The topological polar surface area (TPSA) is 75.6 Å². The minimum absolute atomic E-state index is 0.215. The van der Waals surface area contributed by atoms with Crippen molar-refractivity contribution >= 4 is 17.6 Å². The Morgan fingerprint density at radius 1 is 0.840 bits per heavy atom. The predicted octanol–water partition coefficient (Wildman–Crippen LogP) is 4.11. The summed E-state index contributed by atoms with van der Waals surface area (Å²) in [6, 6.07) is 14.1. The number of hydrogen-bond acceptors (Lipinski definition) is 6. The largest absolute Gasteiger partial charge is 0.352 e. The first-order valence-electron chi connectivity index (χ1n) is 8.30. The number of pyridine rings is 1. The highest BCUT2D eigenvalue weighted by Crippen LogP contribution is 2.20. The van der Waals surface area contributed by atoms with Gasteiger partial charge in [-0.1, -0.05) is 18.2 Å². The number of aromatic nitrogens is 4. The Labute approximate surface area is 147 Å². The molecule has 0 unspecified atom stereocenters. The third-order valence-corrected chi connectivity index (χ3v) is 3.44. The van der Waals surface area contributed by atoms with E-state index in [9.17, 15) is 0 Å². The second-order valence-electron chi connectivity index (χ2n) is 6.26. The standard InChI is InChI=1S/C19H22N6/c1-12(2)20-18-23-17(16-10-6-8-14(4)21-16)24-19(25-18)22-15-9-5-7-13(3)11-15/h5-12H,1-4H3,(H2,20,22,23,24,25). The van der Waals surface area contributed by atoms with Crippen molar-refractivity contribution in [2.24, 2.45) is 0 Å². The van der Waals surface area contributed by atoms with Gasteiger partial charge < -0.3 is 10.6 Å². The van der Waals surface area contributed by atoms with Crippen LogP contribution in [0.15, 0.2) is 42.5 Å². The Morgan fingerprint density at radius 2 is 1.60 bits per heavy atom. The van der Waals surface area contributed by atoms with Crippen LogP contribution in [0.4, 0.5) is 17.6 Å². The molecule has 2 heterocycles. The molecule has 0 amide bonds. The van der Waals surface area contributed by atoms with E-state index in [2.05, 4.69) is 30.6 Å². The fraction of sp³-hybridized carbons (Fsp3) is 0.263. The Balaban J connectivity index is 2.00. The number of nitrogens with one attached hydrogen (secondary N) is 2. The molecule has 2 aromatic heterocycles. The molecule has 0 aliphatic rings. The molecule has 0 saturated heterocycles. The molecule has 1 aromatic carbocycles. The van der Waals surface area contributed by atoms with Gasteiger partial charge >= 0.3 is 0 Å². The van der Waals surface area contributed by atoms with Crippen molar-refractivity contribution in [2.75, 3.05) is 10.6 Å². The first kappa shape index (κ1) is 16.8. The summed E-state index contributed by atoms with van der Waals surface area (Å²) >= 11 is 0. The lowest BCUT2D eigenvalue weighted by molar-refractivity contribution is 0.868. The molecule has 0 spiro atoms. The molecule has 0 aliphatic heterocycles. The van der Waals surface area contributed by atoms with E-state index in [1.54, 1.807) is 0 Å². The van der Waals surface area contributed by atoms with E-state index in [4.69, 9.17) is 0 Å². The quantitative estimate of drug-likeness (QED) is 0.731. The van der Waals surface area contributed by atoms with Gasteiger partial charge in [-0.25, -0.2) is 4.98 Å². The van der Waals surface area contributed by atoms with Crippen molar-refractivity contribution in [1.82, 2.24) is 19.9 Å². The molecule has 0 fully saturated rings. The van der Waals surface area contributed by atoms with Crippen molar-refractivity contribution < 1.29 is 0 Å². The van der Waals surface area contributed by atoms with Crippen LogP contribution < -0.4 is 10.6 Å². The van der Waals surface area contributed by atoms with Crippen molar-refractivity contribution in [2.45, 2.75) is 33.7 Å². The second kappa shape index (κ2) is 7.25. The Hall–Kier alpha value is -3.02. The average molecular weight is 334 g/mol. The fourth-order valence-electron chi connectivity index (χ4n) is 2.39. The lowest BCUT2D eigenvalue weighted by Gasteiger charge is -2.12. The van der Waals surface area contributed by atoms with Crippen LogP contribution in [0.2, 0.25) is 0 Å². The minimum Gasteiger partial charge on any atom is -0.352 e. The van der Waals surface area contributed by atoms with Crippen LogP contribution in [-0.2, 0) is 0 Å². The SMILES string of the molecule is Cc1cccc(Nc2nc(NC(C)C)nc(-c3cccc(C)n3)n2)c1. The maximum absolute atomic E-state index is 4.54. The summed E-state index contributed by atoms with van der Waals surface area (Å²) < 4.78 is 0. The van der Waals surface area contributed by atoms with Gasteiger partial charge in [0.15, 0.2) is 5.82 Å². The van der Waals surface area contributed by atoms with Crippen LogP contribution >= 0.6 is 0 Å². The van der Waals surface area contributed by atoms with Gasteiger partial charge in [-0.05, 0) is 57.5 Å². The molecule has 6 nitrogen and oxygen atoms in total. The number of benzene rings is 1. The summed E-state index contributed by atoms with van der Waals surface area (Å²) in [6.07, 6.45) is 0. The molecule has 2 N–H and O–H groups in total. The number of aryl methyl sites for hydroxylation is 2. The van der Waals surface area contributed by atoms with Gasteiger partial charge in [0.05, 0.1) is 0 Å². The number of rotatable bonds is 5. The highest BCUT2D eigenvalue weighted by Gasteiger charge is 2.11. The van der Waals surface area contributed by atoms with Gasteiger partial charge in [0.2, 0.25) is 11.9 Å². The first-order valence-corrected chi connectivity index (χ1v) is 8.30. The molecule has 3 aromatic rings. The maximum atomic E-state index is 4.54. The summed E-state index contributed by atoms with van der Waals surface area (Å²) in [5.74, 6) is 1.55. The van der Waals surface area contributed by atoms with Crippen molar-refractivity contribution in [1.29, 1.82) is 0 Å². The fourth-order valence-corrected chi connectivity index (χ4v) is 2.39. The van der Waals surface area contributed by atoms with E-state index in [-0.39, 0.29) is 6.04 Å². The van der Waals surface area contributed by atoms with Gasteiger partial charge in [-0.2, -0.15) is 15.0 Å². The van der Waals surface area contributed by atoms with Gasteiger partial charge in [0.1, 0.15) is 5.69 Å². The molecule has 0 atom stereocenters. The summed E-state index contributed by atoms with van der Waals surface area (Å²) in [6.45, 7) is 8.08. The van der Waals surface area contributed by atoms with Crippen molar-refractivity contribution in [3.05, 3.63) is 53.7 Å². The summed E-state index contributed by atoms with van der Waals surface area (Å²) in [5, 5.41) is 6.49. The summed E-state index contributed by atoms with van der Waals surface area (Å²) in [4.78, 5) is 18.0. The van der Waals surface area contributed by atoms with Gasteiger partial charge in [0, 0.05) is 17.4 Å². The van der Waals surface area contributed by atoms with E-state index < -0.39 is 0 Å². The van der Waals surface area contributed by atoms with Crippen LogP contribution in [0, 0.1) is 13.8 Å². The van der Waals surface area contributed by atoms with Gasteiger partial charge in [0.25, 0.3) is 0 Å². The van der Waals surface area contributed by atoms with Crippen LogP contribution in [0.3, 0.4) is 0 Å². The predicted molar refractivity (Wildman–Crippen MR) is 101 cm³/mol. The molecule has 6 heteroatoms. The number of hydrogen-bond donors (Lipinski definition) is 2. The zero-order valence-electron chi connectivity index (χ0n) is 14.9. The van der Waals surface area contributed by atoms with Crippen LogP contribution in [0.25, 0.3) is 11.5 Å². The smallest absolute Gasteiger partial charge is 0.232 e. The van der Waals surface area contributed by atoms with Crippen molar-refractivity contribution in [3.63, 3.8) is 0 Å². The molecule has 0 bridgehead atoms. The molecule has 0 saturated carbocycles. The Bertz CT molecular complexity index is 875. The van der Waals surface area contributed by atoms with E-state index in [1.807, 2.05) is 70.2 Å². The number of nitrogens with zero attached hydrogens (tertiary/aromatic N) is 4. The molecule has 25 heavy (non-hydrogen) atoms. The van der Waals surface area contributed by atoms with Crippen LogP contribution in [-0.4, -0.2) is 26.0 Å². The summed E-state index contributed by atoms with van der Waals surface area (Å²) in [7, 11) is 0. The molecule has 0 aliphatic carbocycles. The summed E-state index contributed by atoms with van der Waals surface area (Å²) in [5.41, 5.74) is 3.75. The third kappa shape index (κ3) is 4.50. The molecule has 0 radical (unpaired) electrons. The van der Waals surface area contributed by atoms with Crippen LogP contribution in [0.5, 0.6) is 0 Å². The van der Waals surface area contributed by atoms with E-state index >= 15 is 0 Å². The first-order chi connectivity index (χ1) is 12.0. The maximum Gasteiger partial charge on any atom is 0.232 e. The highest BCUT2D eigenvalue weighted by molar-refractivity contribution is 5.59. The molecular weight excluding hydrogens is 312 g/mol. The van der Waals surface area contributed by atoms with Gasteiger partial charge in [-0.3, -0.25) is 0 Å². The molecular formula is C19H22N6. The Morgan fingerprint density at radius 3 is 2.32 bits per heavy atom. The van der Waals surface area contributed by atoms with E-state index in [0.29, 0.717) is 17.7 Å². The minimum atomic E-state index is 0.215. The monoisotopic (exact) mass is 334 g/mol. The van der Waals surface area contributed by atoms with Crippen molar-refractivity contribution in [3.8, 4) is 11.5 Å². The van der Waals surface area contributed by atoms with Crippen LogP contribution in [0.1, 0.15) is 25.1 Å². The number of anilines is 3. The lowest BCUT2D eigenvalue weighted by atomic mass is 10.2. The molecule has 3 rings (SSSR count). The van der Waals surface area contributed by atoms with E-state index in [0.717, 1.165) is 17.1 Å². The normalized spacial score (nSPS) is 10.8. The third-order valence-electron chi connectivity index (χ3n) is 3.44. The van der Waals surface area contributed by atoms with E-state index in [1.165, 1.54) is 5.56 Å².